The lowest BCUT2D eigenvalue weighted by Crippen LogP contribution is -2.28. The molecule has 2 aliphatic rings. The fourth-order valence-electron chi connectivity index (χ4n) is 10.4. The number of anilines is 3. The predicted molar refractivity (Wildman–Crippen MR) is 320 cm³/mol. The fraction of sp³-hybridized carbons (Fsp3) is 0.484. The van der Waals surface area contributed by atoms with Crippen molar-refractivity contribution in [3.63, 3.8) is 0 Å². The highest BCUT2D eigenvalue weighted by Gasteiger charge is 2.27. The molecule has 1 aromatic heterocycles. The second kappa shape index (κ2) is 29.5. The van der Waals surface area contributed by atoms with Gasteiger partial charge in [0.2, 0.25) is 0 Å². The van der Waals surface area contributed by atoms with Crippen LogP contribution in [0.1, 0.15) is 163 Å². The Labute approximate surface area is 434 Å². The molecule has 378 valence electrons. The standard InChI is InChI=1S/C62H88N5PS2/c1-9-64-59-35-26-25-34-57(59)61-62(56-33-24-23-31-52(56)32-29-30-48(2)42-45-69-70-68(7)8)67(66(61)6)44-28-22-20-18-16-14-12-10-11-13-15-17-19-21-27-43-65(5)54-39-37-51(38-40-54)53-46-50(4)55-41-36-49(3)60(63)58(55)47-53/h9,24-26,33-41,46,64H,1-2,4,10-23,27-32,42-45,47,63H2,3,5-8H3. The summed E-state index contributed by atoms with van der Waals surface area (Å²) in [5.41, 5.74) is 25.4. The molecule has 0 bridgehead atoms. The van der Waals surface area contributed by atoms with Crippen LogP contribution in [0.4, 0.5) is 17.1 Å². The van der Waals surface area contributed by atoms with Gasteiger partial charge in [-0.05, 0) is 137 Å². The van der Waals surface area contributed by atoms with Crippen LogP contribution in [0.3, 0.4) is 0 Å². The Balaban J connectivity index is 0.832. The SMILES string of the molecule is C=CNc1ccccc1-c1c(C2=C(CCCC(=C)CCSSP(C)C)CCC=C2)n(CCCCCCCCCCCCCCCCCN(C)c2ccc(C3=CC(=C)c4ccc(C)c(N)c4C3)cc2)n1C. The third kappa shape index (κ3) is 16.2. The third-order valence-corrected chi connectivity index (χ3v) is 20.7. The molecule has 0 unspecified atom stereocenters. The van der Waals surface area contributed by atoms with Gasteiger partial charge in [0.05, 0.1) is 11.4 Å². The summed E-state index contributed by atoms with van der Waals surface area (Å²) in [6.07, 6.45) is 36.9. The summed E-state index contributed by atoms with van der Waals surface area (Å²) < 4.78 is 4.98. The second-order valence-corrected chi connectivity index (χ2v) is 27.3. The summed E-state index contributed by atoms with van der Waals surface area (Å²) in [6.45, 7) is 21.7. The number of hydrogen-bond acceptors (Lipinski definition) is 5. The molecular formula is C62H88N5PS2. The lowest BCUT2D eigenvalue weighted by molar-refractivity contribution is 0.427. The lowest BCUT2D eigenvalue weighted by Gasteiger charge is -2.33. The number of nitrogen functional groups attached to an aromatic ring is 1. The molecule has 0 aliphatic heterocycles. The van der Waals surface area contributed by atoms with Crippen molar-refractivity contribution in [1.29, 1.82) is 0 Å². The maximum atomic E-state index is 6.49. The zero-order valence-corrected chi connectivity index (χ0v) is 46.6. The van der Waals surface area contributed by atoms with Crippen molar-refractivity contribution < 1.29 is 0 Å². The van der Waals surface area contributed by atoms with Crippen LogP contribution in [0.2, 0.25) is 0 Å². The molecule has 8 heteroatoms. The number of rotatable bonds is 33. The zero-order chi connectivity index (χ0) is 49.7. The molecule has 0 spiro atoms. The first kappa shape index (κ1) is 55.3. The van der Waals surface area contributed by atoms with Gasteiger partial charge in [0.25, 0.3) is 0 Å². The number of benzene rings is 3. The van der Waals surface area contributed by atoms with Gasteiger partial charge >= 0.3 is 0 Å². The number of nitrogens with one attached hydrogen (secondary N) is 1. The van der Waals surface area contributed by atoms with Crippen LogP contribution in [0.5, 0.6) is 0 Å². The van der Waals surface area contributed by atoms with Crippen molar-refractivity contribution in [3.8, 4) is 11.3 Å². The van der Waals surface area contributed by atoms with Gasteiger partial charge in [0, 0.05) is 67.6 Å². The van der Waals surface area contributed by atoms with Gasteiger partial charge in [-0.1, -0.05) is 196 Å². The molecule has 0 saturated heterocycles. The van der Waals surface area contributed by atoms with E-state index in [1.165, 1.54) is 165 Å². The van der Waals surface area contributed by atoms with Gasteiger partial charge in [-0.3, -0.25) is 9.36 Å². The Morgan fingerprint density at radius 1 is 0.814 bits per heavy atom. The summed E-state index contributed by atoms with van der Waals surface area (Å²) >= 11 is 0. The third-order valence-electron chi connectivity index (χ3n) is 14.6. The molecule has 2 aliphatic carbocycles. The molecule has 3 N–H and O–H groups in total. The number of para-hydroxylation sites is 1. The molecule has 3 aromatic carbocycles. The van der Waals surface area contributed by atoms with E-state index in [2.05, 4.69) is 163 Å². The van der Waals surface area contributed by atoms with E-state index in [-0.39, 0.29) is 7.12 Å². The maximum Gasteiger partial charge on any atom is 0.0922 e. The number of aryl methyl sites for hydroxylation is 1. The van der Waals surface area contributed by atoms with Crippen LogP contribution in [0, 0.1) is 6.92 Å². The molecule has 70 heavy (non-hydrogen) atoms. The van der Waals surface area contributed by atoms with Crippen LogP contribution in [0.25, 0.3) is 28.0 Å². The number of hydrogen-bond donors (Lipinski definition) is 2. The number of fused-ring (bicyclic) bond motifs is 1. The predicted octanol–water partition coefficient (Wildman–Crippen LogP) is 18.8. The Morgan fingerprint density at radius 3 is 2.14 bits per heavy atom. The molecular weight excluding hydrogens is 910 g/mol. The average Bonchev–Trinajstić information content (AvgIpc) is 3.36. The quantitative estimate of drug-likeness (QED) is 0.0164. The number of nitrogens with two attached hydrogens (primary N) is 1. The topological polar surface area (TPSA) is 51.1 Å². The van der Waals surface area contributed by atoms with Gasteiger partial charge in [0.15, 0.2) is 0 Å². The van der Waals surface area contributed by atoms with Crippen molar-refractivity contribution in [2.75, 3.05) is 48.6 Å². The van der Waals surface area contributed by atoms with Crippen LogP contribution < -0.4 is 16.0 Å². The minimum Gasteiger partial charge on any atom is -0.398 e. The van der Waals surface area contributed by atoms with E-state index < -0.39 is 0 Å². The van der Waals surface area contributed by atoms with E-state index in [0.29, 0.717) is 0 Å². The molecule has 0 radical (unpaired) electrons. The minimum atomic E-state index is 0.0988. The highest BCUT2D eigenvalue weighted by molar-refractivity contribution is 8.98. The van der Waals surface area contributed by atoms with Crippen molar-refractivity contribution >= 4 is 62.1 Å². The Morgan fingerprint density at radius 2 is 1.47 bits per heavy atom. The van der Waals surface area contributed by atoms with E-state index in [1.807, 2.05) is 10.8 Å². The van der Waals surface area contributed by atoms with Crippen molar-refractivity contribution in [1.82, 2.24) is 9.36 Å². The second-order valence-electron chi connectivity index (χ2n) is 20.2. The Hall–Kier alpha value is -4.03. The normalized spacial score (nSPS) is 13.6. The summed E-state index contributed by atoms with van der Waals surface area (Å²) in [5, 5.41) is 3.42. The number of unbranched alkanes of at least 4 members (excludes halogenated alkanes) is 14. The van der Waals surface area contributed by atoms with Crippen LogP contribution in [-0.2, 0) is 20.0 Å². The minimum absolute atomic E-state index is 0.0988. The van der Waals surface area contributed by atoms with E-state index >= 15 is 0 Å². The molecule has 5 nitrogen and oxygen atoms in total. The maximum absolute atomic E-state index is 6.49. The summed E-state index contributed by atoms with van der Waals surface area (Å²) in [7, 11) is 8.66. The van der Waals surface area contributed by atoms with Gasteiger partial charge in [0.1, 0.15) is 0 Å². The van der Waals surface area contributed by atoms with Gasteiger partial charge in [-0.25, -0.2) is 0 Å². The van der Waals surface area contributed by atoms with E-state index in [4.69, 9.17) is 5.73 Å². The number of nitrogens with zero attached hydrogens (tertiary/aromatic N) is 3. The van der Waals surface area contributed by atoms with E-state index in [9.17, 15) is 0 Å². The summed E-state index contributed by atoms with van der Waals surface area (Å²) in [5.74, 6) is 1.18. The highest BCUT2D eigenvalue weighted by atomic mass is 33.3. The van der Waals surface area contributed by atoms with Crippen molar-refractivity contribution in [2.45, 2.75) is 155 Å². The Kier molecular flexibility index (Phi) is 23.3. The fourth-order valence-corrected chi connectivity index (χ4v) is 14.8. The van der Waals surface area contributed by atoms with E-state index in [0.717, 1.165) is 74.1 Å². The van der Waals surface area contributed by atoms with Crippen LogP contribution >= 0.6 is 28.3 Å². The molecule has 0 atom stereocenters. The molecule has 4 aromatic rings. The van der Waals surface area contributed by atoms with Crippen LogP contribution in [0.15, 0.2) is 116 Å². The largest absolute Gasteiger partial charge is 0.398 e. The lowest BCUT2D eigenvalue weighted by atomic mass is 9.84. The smallest absolute Gasteiger partial charge is 0.0922 e. The van der Waals surface area contributed by atoms with Crippen molar-refractivity contribution in [3.05, 3.63) is 144 Å². The molecule has 1 heterocycles. The van der Waals surface area contributed by atoms with Gasteiger partial charge < -0.3 is 16.0 Å². The summed E-state index contributed by atoms with van der Waals surface area (Å²) in [6, 6.07) is 22.1. The molecule has 0 saturated carbocycles. The summed E-state index contributed by atoms with van der Waals surface area (Å²) in [4.78, 5) is 2.41. The van der Waals surface area contributed by atoms with Crippen molar-refractivity contribution in [2.24, 2.45) is 7.05 Å². The van der Waals surface area contributed by atoms with E-state index in [1.54, 1.807) is 11.8 Å². The van der Waals surface area contributed by atoms with Gasteiger partial charge in [-0.2, -0.15) is 0 Å². The first-order valence-electron chi connectivity index (χ1n) is 26.9. The number of aromatic nitrogens is 2. The molecule has 0 fully saturated rings. The Bertz CT molecular complexity index is 2390. The van der Waals surface area contributed by atoms with Crippen LogP contribution in [-0.4, -0.2) is 42.0 Å². The first-order chi connectivity index (χ1) is 34.1. The number of allylic oxidation sites excluding steroid dienone is 8. The van der Waals surface area contributed by atoms with Gasteiger partial charge in [-0.15, -0.1) is 0 Å². The monoisotopic (exact) mass is 998 g/mol. The molecule has 6 rings (SSSR count). The highest BCUT2D eigenvalue weighted by Crippen LogP contribution is 2.50. The first-order valence-corrected chi connectivity index (χ1v) is 32.1. The zero-order valence-electron chi connectivity index (χ0n) is 44.1. The molecule has 0 amide bonds. The average molecular weight is 999 g/mol.